The van der Waals surface area contributed by atoms with Gasteiger partial charge < -0.3 is 8.94 Å². The van der Waals surface area contributed by atoms with Gasteiger partial charge in [-0.3, -0.25) is 9.80 Å². The van der Waals surface area contributed by atoms with E-state index in [0.29, 0.717) is 11.8 Å². The third kappa shape index (κ3) is 3.32. The summed E-state index contributed by atoms with van der Waals surface area (Å²) in [5, 5.41) is 12.5. The molecule has 0 radical (unpaired) electrons. The van der Waals surface area contributed by atoms with Crippen molar-refractivity contribution in [1.82, 2.24) is 30.1 Å². The lowest BCUT2D eigenvalue weighted by Crippen LogP contribution is -2.46. The van der Waals surface area contributed by atoms with E-state index in [9.17, 15) is 0 Å². The van der Waals surface area contributed by atoms with Crippen molar-refractivity contribution < 1.29 is 8.94 Å². The lowest BCUT2D eigenvalue weighted by molar-refractivity contribution is 0.0795. The monoisotopic (exact) mass is 344 g/mol. The summed E-state index contributed by atoms with van der Waals surface area (Å²) >= 11 is 0. The van der Waals surface area contributed by atoms with E-state index in [1.807, 2.05) is 0 Å². The van der Waals surface area contributed by atoms with Gasteiger partial charge in [-0.25, -0.2) is 0 Å². The maximum absolute atomic E-state index is 5.77. The maximum atomic E-state index is 5.77. The Bertz CT molecular complexity index is 727. The van der Waals surface area contributed by atoms with Crippen LogP contribution in [-0.4, -0.2) is 56.3 Å². The SMILES string of the molecule is C[C@H](c1nc(C2CC2)no1)N1CCN(Cc2nnc(C3CC3)o2)CC1. The molecule has 2 aromatic rings. The lowest BCUT2D eigenvalue weighted by atomic mass is 10.2. The van der Waals surface area contributed by atoms with Gasteiger partial charge in [0.1, 0.15) is 0 Å². The van der Waals surface area contributed by atoms with E-state index >= 15 is 0 Å². The third-order valence-electron chi connectivity index (χ3n) is 5.48. The molecule has 3 aliphatic rings. The summed E-state index contributed by atoms with van der Waals surface area (Å²) in [5.41, 5.74) is 0. The molecular formula is C17H24N6O2. The second kappa shape index (κ2) is 6.17. The molecule has 2 aromatic heterocycles. The average Bonchev–Trinajstić information content (AvgIpc) is 3.57. The fourth-order valence-corrected chi connectivity index (χ4v) is 3.41. The molecule has 0 amide bonds. The largest absolute Gasteiger partial charge is 0.424 e. The number of hydrogen-bond donors (Lipinski definition) is 0. The molecule has 0 spiro atoms. The zero-order chi connectivity index (χ0) is 16.8. The molecule has 0 aromatic carbocycles. The summed E-state index contributed by atoms with van der Waals surface area (Å²) in [5.74, 6) is 4.27. The van der Waals surface area contributed by atoms with Crippen molar-refractivity contribution in [2.45, 2.75) is 57.0 Å². The molecule has 2 saturated carbocycles. The Balaban J connectivity index is 1.14. The number of rotatable bonds is 6. The van der Waals surface area contributed by atoms with Crippen LogP contribution in [0.1, 0.15) is 74.0 Å². The van der Waals surface area contributed by atoms with Crippen molar-refractivity contribution in [3.63, 3.8) is 0 Å². The Morgan fingerprint density at radius 1 is 1.04 bits per heavy atom. The minimum atomic E-state index is 0.173. The first-order chi connectivity index (χ1) is 12.3. The van der Waals surface area contributed by atoms with Crippen LogP contribution in [0.4, 0.5) is 0 Å². The number of aromatic nitrogens is 4. The van der Waals surface area contributed by atoms with Crippen molar-refractivity contribution in [2.75, 3.05) is 26.2 Å². The predicted molar refractivity (Wildman–Crippen MR) is 87.8 cm³/mol. The van der Waals surface area contributed by atoms with Crippen LogP contribution >= 0.6 is 0 Å². The van der Waals surface area contributed by atoms with Crippen molar-refractivity contribution in [2.24, 2.45) is 0 Å². The maximum Gasteiger partial charge on any atom is 0.243 e. The molecule has 2 aliphatic carbocycles. The second-order valence-corrected chi connectivity index (χ2v) is 7.56. The van der Waals surface area contributed by atoms with Crippen LogP contribution in [-0.2, 0) is 6.54 Å². The van der Waals surface area contributed by atoms with Gasteiger partial charge in [-0.05, 0) is 32.6 Å². The Hall–Kier alpha value is -1.80. The molecule has 1 aliphatic heterocycles. The van der Waals surface area contributed by atoms with Gasteiger partial charge in [-0.1, -0.05) is 5.16 Å². The zero-order valence-corrected chi connectivity index (χ0v) is 14.6. The fraction of sp³-hybridized carbons (Fsp3) is 0.765. The van der Waals surface area contributed by atoms with E-state index in [1.54, 1.807) is 0 Å². The Labute approximate surface area is 146 Å². The molecule has 8 heteroatoms. The summed E-state index contributed by atoms with van der Waals surface area (Å²) in [6, 6.07) is 0.173. The van der Waals surface area contributed by atoms with E-state index in [0.717, 1.165) is 56.2 Å². The highest BCUT2D eigenvalue weighted by atomic mass is 16.5. The highest BCUT2D eigenvalue weighted by molar-refractivity contribution is 5.05. The highest BCUT2D eigenvalue weighted by Crippen LogP contribution is 2.39. The van der Waals surface area contributed by atoms with Crippen LogP contribution < -0.4 is 0 Å². The molecule has 3 heterocycles. The van der Waals surface area contributed by atoms with Crippen LogP contribution in [0.15, 0.2) is 8.94 Å². The first-order valence-corrected chi connectivity index (χ1v) is 9.38. The molecule has 1 saturated heterocycles. The first kappa shape index (κ1) is 15.5. The van der Waals surface area contributed by atoms with Gasteiger partial charge in [0, 0.05) is 38.0 Å². The van der Waals surface area contributed by atoms with E-state index in [1.165, 1.54) is 25.7 Å². The molecule has 25 heavy (non-hydrogen) atoms. The lowest BCUT2D eigenvalue weighted by Gasteiger charge is -2.36. The van der Waals surface area contributed by atoms with Gasteiger partial charge in [0.15, 0.2) is 5.82 Å². The predicted octanol–water partition coefficient (Wildman–Crippen LogP) is 2.09. The summed E-state index contributed by atoms with van der Waals surface area (Å²) in [6.07, 6.45) is 4.78. The van der Waals surface area contributed by atoms with Crippen LogP contribution in [0, 0.1) is 0 Å². The third-order valence-corrected chi connectivity index (χ3v) is 5.48. The van der Waals surface area contributed by atoms with E-state index in [2.05, 4.69) is 37.1 Å². The summed E-state index contributed by atoms with van der Waals surface area (Å²) in [7, 11) is 0. The normalized spacial score (nSPS) is 23.9. The van der Waals surface area contributed by atoms with Crippen molar-refractivity contribution >= 4 is 0 Å². The van der Waals surface area contributed by atoms with Crippen LogP contribution in [0.3, 0.4) is 0 Å². The highest BCUT2D eigenvalue weighted by Gasteiger charge is 2.32. The molecule has 0 unspecified atom stereocenters. The van der Waals surface area contributed by atoms with Crippen molar-refractivity contribution in [3.8, 4) is 0 Å². The molecule has 3 fully saturated rings. The minimum Gasteiger partial charge on any atom is -0.424 e. The standard InChI is InChI=1S/C17H24N6O2/c1-11(16-18-15(21-25-16)12-2-3-12)23-8-6-22(7-9-23)10-14-19-20-17(24-14)13-4-5-13/h11-13H,2-10H2,1H3/t11-/m1/s1. The van der Waals surface area contributed by atoms with Gasteiger partial charge in [-0.2, -0.15) is 4.98 Å². The smallest absolute Gasteiger partial charge is 0.243 e. The Kier molecular flexibility index (Phi) is 3.82. The summed E-state index contributed by atoms with van der Waals surface area (Å²) in [6.45, 7) is 6.82. The molecule has 0 N–H and O–H groups in total. The van der Waals surface area contributed by atoms with Gasteiger partial charge in [0.05, 0.1) is 12.6 Å². The Morgan fingerprint density at radius 2 is 1.80 bits per heavy atom. The number of piperazine rings is 1. The second-order valence-electron chi connectivity index (χ2n) is 7.56. The van der Waals surface area contributed by atoms with Gasteiger partial charge in [-0.15, -0.1) is 10.2 Å². The van der Waals surface area contributed by atoms with E-state index < -0.39 is 0 Å². The minimum absolute atomic E-state index is 0.173. The van der Waals surface area contributed by atoms with Crippen LogP contribution in [0.25, 0.3) is 0 Å². The summed E-state index contributed by atoms with van der Waals surface area (Å²) < 4.78 is 11.3. The fourth-order valence-electron chi connectivity index (χ4n) is 3.41. The van der Waals surface area contributed by atoms with Crippen molar-refractivity contribution in [1.29, 1.82) is 0 Å². The molecule has 5 rings (SSSR count). The van der Waals surface area contributed by atoms with E-state index in [4.69, 9.17) is 8.94 Å². The quantitative estimate of drug-likeness (QED) is 0.787. The van der Waals surface area contributed by atoms with Gasteiger partial charge >= 0.3 is 0 Å². The van der Waals surface area contributed by atoms with E-state index in [-0.39, 0.29) is 6.04 Å². The topological polar surface area (TPSA) is 84.3 Å². The molecular weight excluding hydrogens is 320 g/mol. The van der Waals surface area contributed by atoms with Gasteiger partial charge in [0.25, 0.3) is 0 Å². The number of nitrogens with zero attached hydrogens (tertiary/aromatic N) is 6. The molecule has 0 bridgehead atoms. The average molecular weight is 344 g/mol. The molecule has 134 valence electrons. The van der Waals surface area contributed by atoms with Gasteiger partial charge in [0.2, 0.25) is 17.7 Å². The Morgan fingerprint density at radius 3 is 2.52 bits per heavy atom. The molecule has 1 atom stereocenters. The first-order valence-electron chi connectivity index (χ1n) is 9.38. The van der Waals surface area contributed by atoms with Crippen molar-refractivity contribution in [3.05, 3.63) is 23.5 Å². The number of hydrogen-bond acceptors (Lipinski definition) is 8. The summed E-state index contributed by atoms with van der Waals surface area (Å²) in [4.78, 5) is 9.37. The van der Waals surface area contributed by atoms with Crippen LogP contribution in [0.2, 0.25) is 0 Å². The molecule has 8 nitrogen and oxygen atoms in total. The zero-order valence-electron chi connectivity index (χ0n) is 14.6. The van der Waals surface area contributed by atoms with Crippen LogP contribution in [0.5, 0.6) is 0 Å².